The van der Waals surface area contributed by atoms with Crippen molar-refractivity contribution in [1.82, 2.24) is 15.2 Å². The van der Waals surface area contributed by atoms with E-state index >= 15 is 0 Å². The van der Waals surface area contributed by atoms with Gasteiger partial charge in [0.05, 0.1) is 5.69 Å². The topological polar surface area (TPSA) is 77.8 Å². The van der Waals surface area contributed by atoms with Gasteiger partial charge in [0.15, 0.2) is 5.01 Å². The molecule has 3 aromatic rings. The number of nitrogen functional groups attached to an aromatic ring is 1. The van der Waals surface area contributed by atoms with Gasteiger partial charge in [-0.2, -0.15) is 0 Å². The average molecular weight is 244 g/mol. The molecule has 1 aromatic carbocycles. The first-order valence-electron chi connectivity index (χ1n) is 4.93. The molecular formula is C11H8N4OS. The van der Waals surface area contributed by atoms with Gasteiger partial charge in [-0.25, -0.2) is 4.98 Å². The Kier molecular flexibility index (Phi) is 2.34. The van der Waals surface area contributed by atoms with Gasteiger partial charge >= 0.3 is 6.01 Å². The van der Waals surface area contributed by atoms with Crippen molar-refractivity contribution in [3.8, 4) is 22.2 Å². The van der Waals surface area contributed by atoms with Crippen LogP contribution in [-0.4, -0.2) is 15.2 Å². The molecule has 0 radical (unpaired) electrons. The van der Waals surface area contributed by atoms with E-state index < -0.39 is 0 Å². The minimum Gasteiger partial charge on any atom is -0.401 e. The van der Waals surface area contributed by atoms with Crippen molar-refractivity contribution >= 4 is 17.4 Å². The highest BCUT2D eigenvalue weighted by molar-refractivity contribution is 7.13. The number of aromatic nitrogens is 3. The smallest absolute Gasteiger partial charge is 0.313 e. The van der Waals surface area contributed by atoms with Crippen LogP contribution in [0.5, 0.6) is 0 Å². The molecule has 2 N–H and O–H groups in total. The first-order chi connectivity index (χ1) is 8.33. The van der Waals surface area contributed by atoms with Crippen LogP contribution in [0.4, 0.5) is 6.01 Å². The van der Waals surface area contributed by atoms with Gasteiger partial charge in [0, 0.05) is 10.9 Å². The second kappa shape index (κ2) is 3.99. The van der Waals surface area contributed by atoms with Gasteiger partial charge in [-0.15, -0.1) is 16.4 Å². The molecule has 2 aromatic heterocycles. The molecule has 0 bridgehead atoms. The molecule has 0 spiro atoms. The lowest BCUT2D eigenvalue weighted by molar-refractivity contribution is 0.590. The Morgan fingerprint density at radius 2 is 1.94 bits per heavy atom. The second-order valence-electron chi connectivity index (χ2n) is 3.35. The summed E-state index contributed by atoms with van der Waals surface area (Å²) in [5.41, 5.74) is 7.32. The first-order valence-corrected chi connectivity index (χ1v) is 5.81. The number of benzene rings is 1. The maximum absolute atomic E-state index is 5.37. The largest absolute Gasteiger partial charge is 0.401 e. The van der Waals surface area contributed by atoms with Crippen LogP contribution in [0.15, 0.2) is 40.1 Å². The van der Waals surface area contributed by atoms with E-state index in [2.05, 4.69) is 15.2 Å². The number of hydrogen-bond donors (Lipinski definition) is 1. The highest BCUT2D eigenvalue weighted by Gasteiger charge is 2.11. The fourth-order valence-electron chi connectivity index (χ4n) is 1.43. The van der Waals surface area contributed by atoms with Gasteiger partial charge in [-0.05, 0) is 0 Å². The molecule has 5 nitrogen and oxygen atoms in total. The zero-order valence-corrected chi connectivity index (χ0v) is 9.52. The van der Waals surface area contributed by atoms with Gasteiger partial charge in [0.2, 0.25) is 0 Å². The molecule has 0 saturated carbocycles. The van der Waals surface area contributed by atoms with Crippen molar-refractivity contribution in [2.45, 2.75) is 0 Å². The van der Waals surface area contributed by atoms with E-state index in [0.717, 1.165) is 11.3 Å². The van der Waals surface area contributed by atoms with E-state index in [9.17, 15) is 0 Å². The molecule has 84 valence electrons. The third-order valence-electron chi connectivity index (χ3n) is 2.20. The SMILES string of the molecule is Nc1nnc(-c2nc(-c3ccccc3)cs2)o1. The Labute approximate surface area is 101 Å². The summed E-state index contributed by atoms with van der Waals surface area (Å²) in [6, 6.07) is 9.96. The van der Waals surface area contributed by atoms with E-state index in [-0.39, 0.29) is 6.01 Å². The fourth-order valence-corrected chi connectivity index (χ4v) is 2.18. The Hall–Kier alpha value is -2.21. The molecular weight excluding hydrogens is 236 g/mol. The molecule has 3 rings (SSSR count). The number of hydrogen-bond acceptors (Lipinski definition) is 6. The number of rotatable bonds is 2. The summed E-state index contributed by atoms with van der Waals surface area (Å²) in [5, 5.41) is 10.0. The Balaban J connectivity index is 1.99. The van der Waals surface area contributed by atoms with Crippen molar-refractivity contribution in [3.63, 3.8) is 0 Å². The Morgan fingerprint density at radius 1 is 1.12 bits per heavy atom. The molecule has 0 unspecified atom stereocenters. The molecule has 17 heavy (non-hydrogen) atoms. The summed E-state index contributed by atoms with van der Waals surface area (Å²) in [5.74, 6) is 0.356. The van der Waals surface area contributed by atoms with Gasteiger partial charge in [-0.1, -0.05) is 35.4 Å². The van der Waals surface area contributed by atoms with E-state index in [1.54, 1.807) is 0 Å². The summed E-state index contributed by atoms with van der Waals surface area (Å²) >= 11 is 1.45. The zero-order chi connectivity index (χ0) is 11.7. The van der Waals surface area contributed by atoms with Crippen molar-refractivity contribution in [3.05, 3.63) is 35.7 Å². The summed E-state index contributed by atoms with van der Waals surface area (Å²) in [6.45, 7) is 0. The van der Waals surface area contributed by atoms with Gasteiger partial charge < -0.3 is 10.2 Å². The molecule has 0 atom stereocenters. The van der Waals surface area contributed by atoms with Crippen molar-refractivity contribution in [2.24, 2.45) is 0 Å². The van der Waals surface area contributed by atoms with Crippen LogP contribution in [0.1, 0.15) is 0 Å². The van der Waals surface area contributed by atoms with Gasteiger partial charge in [0.1, 0.15) is 0 Å². The average Bonchev–Trinajstić information content (AvgIpc) is 2.98. The van der Waals surface area contributed by atoms with Crippen LogP contribution in [0.3, 0.4) is 0 Å². The molecule has 0 aliphatic rings. The normalized spacial score (nSPS) is 10.6. The lowest BCUT2D eigenvalue weighted by Crippen LogP contribution is -1.81. The maximum atomic E-state index is 5.37. The predicted molar refractivity (Wildman–Crippen MR) is 65.3 cm³/mol. The Bertz CT molecular complexity index is 632. The van der Waals surface area contributed by atoms with Gasteiger partial charge in [0.25, 0.3) is 5.89 Å². The minimum absolute atomic E-state index is 0.0523. The van der Waals surface area contributed by atoms with Crippen molar-refractivity contribution in [2.75, 3.05) is 5.73 Å². The maximum Gasteiger partial charge on any atom is 0.313 e. The second-order valence-corrected chi connectivity index (χ2v) is 4.21. The third kappa shape index (κ3) is 1.90. The van der Waals surface area contributed by atoms with Crippen LogP contribution in [0, 0.1) is 0 Å². The monoisotopic (exact) mass is 244 g/mol. The molecule has 0 aliphatic carbocycles. The predicted octanol–water partition coefficient (Wildman–Crippen LogP) is 2.44. The van der Waals surface area contributed by atoms with Crippen LogP contribution in [-0.2, 0) is 0 Å². The van der Waals surface area contributed by atoms with E-state index in [4.69, 9.17) is 10.2 Å². The van der Waals surface area contributed by atoms with Crippen LogP contribution in [0.25, 0.3) is 22.2 Å². The number of anilines is 1. The minimum atomic E-state index is 0.0523. The highest BCUT2D eigenvalue weighted by atomic mass is 32.1. The van der Waals surface area contributed by atoms with Crippen LogP contribution < -0.4 is 5.73 Å². The number of nitrogens with zero attached hydrogens (tertiary/aromatic N) is 3. The third-order valence-corrected chi connectivity index (χ3v) is 3.03. The molecule has 6 heteroatoms. The number of thiazole rings is 1. The summed E-state index contributed by atoms with van der Waals surface area (Å²) in [7, 11) is 0. The summed E-state index contributed by atoms with van der Waals surface area (Å²) in [6.07, 6.45) is 0. The standard InChI is InChI=1S/C11H8N4OS/c12-11-15-14-9(16-11)10-13-8(6-17-10)7-4-2-1-3-5-7/h1-6H,(H2,12,15). The molecule has 0 saturated heterocycles. The van der Waals surface area contributed by atoms with Gasteiger partial charge in [-0.3, -0.25) is 0 Å². The Morgan fingerprint density at radius 3 is 2.65 bits per heavy atom. The first kappa shape index (κ1) is 9.98. The number of nitrogens with two attached hydrogens (primary N) is 1. The van der Waals surface area contributed by atoms with Crippen LogP contribution in [0.2, 0.25) is 0 Å². The van der Waals surface area contributed by atoms with Crippen molar-refractivity contribution in [1.29, 1.82) is 0 Å². The van der Waals surface area contributed by atoms with E-state index in [1.165, 1.54) is 11.3 Å². The lowest BCUT2D eigenvalue weighted by Gasteiger charge is -1.93. The van der Waals surface area contributed by atoms with E-state index in [1.807, 2.05) is 35.7 Å². The van der Waals surface area contributed by atoms with Crippen LogP contribution >= 0.6 is 11.3 Å². The quantitative estimate of drug-likeness (QED) is 0.749. The molecule has 2 heterocycles. The lowest BCUT2D eigenvalue weighted by atomic mass is 10.2. The zero-order valence-electron chi connectivity index (χ0n) is 8.70. The molecule has 0 fully saturated rings. The van der Waals surface area contributed by atoms with E-state index in [0.29, 0.717) is 10.9 Å². The van der Waals surface area contributed by atoms with Crippen molar-refractivity contribution < 1.29 is 4.42 Å². The molecule has 0 aliphatic heterocycles. The highest BCUT2D eigenvalue weighted by Crippen LogP contribution is 2.28. The summed E-state index contributed by atoms with van der Waals surface area (Å²) in [4.78, 5) is 4.43. The fraction of sp³-hybridized carbons (Fsp3) is 0. The molecule has 0 amide bonds. The summed E-state index contributed by atoms with van der Waals surface area (Å²) < 4.78 is 5.12.